The maximum atomic E-state index is 13.4. The molecule has 0 saturated heterocycles. The molecule has 2 heterocycles. The zero-order chi connectivity index (χ0) is 16.1. The molecule has 1 amide bonds. The maximum absolute atomic E-state index is 13.4. The lowest BCUT2D eigenvalue weighted by atomic mass is 10.3. The predicted molar refractivity (Wildman–Crippen MR) is 83.3 cm³/mol. The molecule has 0 aliphatic carbocycles. The van der Waals surface area contributed by atoms with E-state index in [1.54, 1.807) is 36.7 Å². The van der Waals surface area contributed by atoms with Gasteiger partial charge in [-0.2, -0.15) is 0 Å². The van der Waals surface area contributed by atoms with Crippen molar-refractivity contribution in [3.05, 3.63) is 54.6 Å². The van der Waals surface area contributed by atoms with Crippen molar-refractivity contribution in [3.8, 4) is 11.5 Å². The number of carbonyl (C=O) groups excluding carboxylic acids is 1. The molecular weight excluding hydrogens is 319 g/mol. The minimum Gasteiger partial charge on any atom is -0.411 e. The molecule has 0 aliphatic heterocycles. The first-order chi connectivity index (χ1) is 11.2. The van der Waals surface area contributed by atoms with Crippen LogP contribution in [-0.2, 0) is 4.79 Å². The summed E-state index contributed by atoms with van der Waals surface area (Å²) in [6.45, 7) is 0. The lowest BCUT2D eigenvalue weighted by molar-refractivity contribution is -0.113. The zero-order valence-electron chi connectivity index (χ0n) is 11.8. The second kappa shape index (κ2) is 7.01. The van der Waals surface area contributed by atoms with E-state index in [1.165, 1.54) is 12.1 Å². The Kier molecular flexibility index (Phi) is 4.62. The van der Waals surface area contributed by atoms with Crippen molar-refractivity contribution in [3.63, 3.8) is 0 Å². The number of thioether (sulfide) groups is 1. The number of nitrogens with zero attached hydrogens (tertiary/aromatic N) is 3. The molecule has 6 nitrogen and oxygen atoms in total. The van der Waals surface area contributed by atoms with Crippen LogP contribution in [0.3, 0.4) is 0 Å². The summed E-state index contributed by atoms with van der Waals surface area (Å²) < 4.78 is 18.9. The van der Waals surface area contributed by atoms with E-state index in [-0.39, 0.29) is 22.6 Å². The van der Waals surface area contributed by atoms with Gasteiger partial charge in [-0.15, -0.1) is 10.2 Å². The van der Waals surface area contributed by atoms with Gasteiger partial charge in [-0.3, -0.25) is 9.78 Å². The number of hydrogen-bond acceptors (Lipinski definition) is 6. The minimum atomic E-state index is -0.483. The molecule has 0 unspecified atom stereocenters. The summed E-state index contributed by atoms with van der Waals surface area (Å²) in [6, 6.07) is 9.46. The van der Waals surface area contributed by atoms with Crippen molar-refractivity contribution in [2.45, 2.75) is 5.22 Å². The Morgan fingerprint density at radius 1 is 1.17 bits per heavy atom. The lowest BCUT2D eigenvalue weighted by Gasteiger charge is -2.04. The molecule has 1 aromatic carbocycles. The summed E-state index contributed by atoms with van der Waals surface area (Å²) in [7, 11) is 0. The molecule has 116 valence electrons. The van der Waals surface area contributed by atoms with Crippen LogP contribution >= 0.6 is 11.8 Å². The van der Waals surface area contributed by atoms with Crippen molar-refractivity contribution in [2.24, 2.45) is 0 Å². The van der Waals surface area contributed by atoms with Crippen LogP contribution in [0.15, 0.2) is 58.4 Å². The highest BCUT2D eigenvalue weighted by atomic mass is 32.2. The third-order valence-electron chi connectivity index (χ3n) is 2.81. The minimum absolute atomic E-state index is 0.0340. The molecule has 8 heteroatoms. The molecule has 2 aromatic heterocycles. The van der Waals surface area contributed by atoms with Crippen molar-refractivity contribution < 1.29 is 13.6 Å². The number of halogens is 1. The largest absolute Gasteiger partial charge is 0.411 e. The van der Waals surface area contributed by atoms with Gasteiger partial charge in [0.2, 0.25) is 11.8 Å². The van der Waals surface area contributed by atoms with Gasteiger partial charge in [-0.1, -0.05) is 23.9 Å². The Labute approximate surface area is 135 Å². The Balaban J connectivity index is 1.58. The van der Waals surface area contributed by atoms with Crippen LogP contribution in [0.1, 0.15) is 0 Å². The SMILES string of the molecule is O=C(CSc1nnc(-c2ccncc2)o1)Nc1ccccc1F. The van der Waals surface area contributed by atoms with Crippen LogP contribution in [0.2, 0.25) is 0 Å². The van der Waals surface area contributed by atoms with E-state index in [4.69, 9.17) is 4.42 Å². The molecule has 0 aliphatic rings. The van der Waals surface area contributed by atoms with Gasteiger partial charge in [0.25, 0.3) is 5.22 Å². The molecule has 0 radical (unpaired) electrons. The van der Waals surface area contributed by atoms with E-state index in [0.29, 0.717) is 5.89 Å². The van der Waals surface area contributed by atoms with Crippen LogP contribution in [0.4, 0.5) is 10.1 Å². The number of amides is 1. The number of aromatic nitrogens is 3. The van der Waals surface area contributed by atoms with Crippen molar-refractivity contribution in [1.82, 2.24) is 15.2 Å². The fourth-order valence-corrected chi connectivity index (χ4v) is 2.32. The van der Waals surface area contributed by atoms with E-state index < -0.39 is 5.82 Å². The highest BCUT2D eigenvalue weighted by molar-refractivity contribution is 7.99. The maximum Gasteiger partial charge on any atom is 0.277 e. The third-order valence-corrected chi connectivity index (χ3v) is 3.63. The second-order valence-corrected chi connectivity index (χ2v) is 5.35. The summed E-state index contributed by atoms with van der Waals surface area (Å²) in [5, 5.41) is 10.5. The molecule has 23 heavy (non-hydrogen) atoms. The fraction of sp³-hybridized carbons (Fsp3) is 0.0667. The first-order valence-corrected chi connectivity index (χ1v) is 7.62. The van der Waals surface area contributed by atoms with Gasteiger partial charge >= 0.3 is 0 Å². The van der Waals surface area contributed by atoms with Crippen LogP contribution in [-0.4, -0.2) is 26.8 Å². The number of anilines is 1. The van der Waals surface area contributed by atoms with Gasteiger partial charge in [0, 0.05) is 18.0 Å². The van der Waals surface area contributed by atoms with E-state index >= 15 is 0 Å². The standard InChI is InChI=1S/C15H11FN4O2S/c16-11-3-1-2-4-12(11)18-13(21)9-23-15-20-19-14(22-15)10-5-7-17-8-6-10/h1-8H,9H2,(H,18,21). The first-order valence-electron chi connectivity index (χ1n) is 6.63. The molecule has 0 spiro atoms. The van der Waals surface area contributed by atoms with Gasteiger partial charge < -0.3 is 9.73 Å². The Hall–Kier alpha value is -2.74. The Bertz CT molecular complexity index is 810. The third kappa shape index (κ3) is 3.92. The topological polar surface area (TPSA) is 80.9 Å². The normalized spacial score (nSPS) is 10.5. The quantitative estimate of drug-likeness (QED) is 0.724. The number of rotatable bonds is 5. The van der Waals surface area contributed by atoms with Gasteiger partial charge in [0.05, 0.1) is 11.4 Å². The summed E-state index contributed by atoms with van der Waals surface area (Å²) >= 11 is 1.08. The van der Waals surface area contributed by atoms with Crippen molar-refractivity contribution in [2.75, 3.05) is 11.1 Å². The van der Waals surface area contributed by atoms with Crippen LogP contribution in [0, 0.1) is 5.82 Å². The van der Waals surface area contributed by atoms with E-state index in [2.05, 4.69) is 20.5 Å². The van der Waals surface area contributed by atoms with Crippen LogP contribution in [0.5, 0.6) is 0 Å². The van der Waals surface area contributed by atoms with Crippen LogP contribution in [0.25, 0.3) is 11.5 Å². The summed E-state index contributed by atoms with van der Waals surface area (Å²) in [6.07, 6.45) is 3.24. The van der Waals surface area contributed by atoms with Crippen molar-refractivity contribution >= 4 is 23.4 Å². The molecule has 0 saturated carbocycles. The van der Waals surface area contributed by atoms with Gasteiger partial charge in [-0.05, 0) is 24.3 Å². The molecule has 3 aromatic rings. The number of para-hydroxylation sites is 1. The highest BCUT2D eigenvalue weighted by Crippen LogP contribution is 2.22. The number of nitrogens with one attached hydrogen (secondary N) is 1. The smallest absolute Gasteiger partial charge is 0.277 e. The molecule has 0 fully saturated rings. The van der Waals surface area contributed by atoms with Gasteiger partial charge in [0.15, 0.2) is 0 Å². The molecule has 3 rings (SSSR count). The number of hydrogen-bond donors (Lipinski definition) is 1. The average Bonchev–Trinajstić information content (AvgIpc) is 3.05. The molecular formula is C15H11FN4O2S. The van der Waals surface area contributed by atoms with Gasteiger partial charge in [0.1, 0.15) is 5.82 Å². The van der Waals surface area contributed by atoms with E-state index in [0.717, 1.165) is 17.3 Å². The van der Waals surface area contributed by atoms with Crippen LogP contribution < -0.4 is 5.32 Å². The highest BCUT2D eigenvalue weighted by Gasteiger charge is 2.12. The van der Waals surface area contributed by atoms with Gasteiger partial charge in [-0.25, -0.2) is 4.39 Å². The second-order valence-electron chi connectivity index (χ2n) is 4.43. The van der Waals surface area contributed by atoms with E-state index in [9.17, 15) is 9.18 Å². The molecule has 0 bridgehead atoms. The van der Waals surface area contributed by atoms with E-state index in [1.807, 2.05) is 0 Å². The average molecular weight is 330 g/mol. The summed E-state index contributed by atoms with van der Waals surface area (Å²) in [5.74, 6) is -0.455. The number of benzene rings is 1. The summed E-state index contributed by atoms with van der Waals surface area (Å²) in [5.41, 5.74) is 0.885. The van der Waals surface area contributed by atoms with Crippen molar-refractivity contribution in [1.29, 1.82) is 0 Å². The Morgan fingerprint density at radius 2 is 1.96 bits per heavy atom. The molecule has 0 atom stereocenters. The summed E-state index contributed by atoms with van der Waals surface area (Å²) in [4.78, 5) is 15.7. The fourth-order valence-electron chi connectivity index (χ4n) is 1.76. The monoisotopic (exact) mass is 330 g/mol. The Morgan fingerprint density at radius 3 is 2.74 bits per heavy atom. The first kappa shape index (κ1) is 15.2. The molecule has 1 N–H and O–H groups in total. The lowest BCUT2D eigenvalue weighted by Crippen LogP contribution is -2.14. The predicted octanol–water partition coefficient (Wildman–Crippen LogP) is 3.00. The zero-order valence-corrected chi connectivity index (χ0v) is 12.6. The number of pyridine rings is 1. The number of carbonyl (C=O) groups is 1.